The van der Waals surface area contributed by atoms with Gasteiger partial charge in [-0.15, -0.1) is 0 Å². The fourth-order valence-corrected chi connectivity index (χ4v) is 5.98. The summed E-state index contributed by atoms with van der Waals surface area (Å²) in [7, 11) is -13.7. The van der Waals surface area contributed by atoms with Crippen LogP contribution < -0.4 is 4.90 Å². The number of halogens is 6. The SMILES string of the molecule is CCCCN(CCCC)c1ccc(/N=N/c2ccc(C=C(S(=O)(=O)C(F)(F)F)S(=O)(=O)C(F)(F)F)cc2)cc1. The van der Waals surface area contributed by atoms with Crippen LogP contribution in [0.1, 0.15) is 45.1 Å². The molecule has 0 N–H and O–H groups in total. The second kappa shape index (κ2) is 12.9. The van der Waals surface area contributed by atoms with Crippen LogP contribution >= 0.6 is 0 Å². The van der Waals surface area contributed by atoms with E-state index in [0.717, 1.165) is 68.7 Å². The van der Waals surface area contributed by atoms with Crippen LogP contribution in [0.25, 0.3) is 6.08 Å². The molecule has 0 spiro atoms. The molecular weight excluding hydrogens is 572 g/mol. The minimum absolute atomic E-state index is 0.127. The van der Waals surface area contributed by atoms with Gasteiger partial charge in [-0.05, 0) is 60.9 Å². The Balaban J connectivity index is 2.31. The molecule has 0 atom stereocenters. The third-order valence-electron chi connectivity index (χ3n) is 5.38. The monoisotopic (exact) mass is 599 g/mol. The number of anilines is 1. The van der Waals surface area contributed by atoms with Gasteiger partial charge in [0.15, 0.2) is 4.24 Å². The van der Waals surface area contributed by atoms with Crippen LogP contribution in [-0.2, 0) is 19.7 Å². The van der Waals surface area contributed by atoms with Crippen LogP contribution in [0.3, 0.4) is 0 Å². The van der Waals surface area contributed by atoms with Crippen LogP contribution in [0.5, 0.6) is 0 Å². The number of sulfone groups is 2. The minimum Gasteiger partial charge on any atom is -0.372 e. The molecule has 2 aromatic rings. The molecule has 0 amide bonds. The molecule has 0 radical (unpaired) electrons. The van der Waals surface area contributed by atoms with E-state index in [1.54, 1.807) is 12.1 Å². The molecule has 0 heterocycles. The smallest absolute Gasteiger partial charge is 0.372 e. The highest BCUT2D eigenvalue weighted by Gasteiger charge is 2.59. The molecule has 0 fully saturated rings. The van der Waals surface area contributed by atoms with Crippen LogP contribution in [0.15, 0.2) is 63.0 Å². The lowest BCUT2D eigenvalue weighted by Crippen LogP contribution is -2.34. The first-order chi connectivity index (χ1) is 18.0. The number of alkyl halides is 6. The molecule has 0 aliphatic carbocycles. The lowest BCUT2D eigenvalue weighted by molar-refractivity contribution is -0.0443. The summed E-state index contributed by atoms with van der Waals surface area (Å²) < 4.78 is 121. The van der Waals surface area contributed by atoms with Crippen LogP contribution in [-0.4, -0.2) is 40.9 Å². The Hall–Kier alpha value is -2.94. The van der Waals surface area contributed by atoms with Gasteiger partial charge in [0, 0.05) is 18.8 Å². The molecule has 2 rings (SSSR count). The summed E-state index contributed by atoms with van der Waals surface area (Å²) in [6.45, 7) is 6.04. The van der Waals surface area contributed by atoms with Crippen molar-refractivity contribution in [3.63, 3.8) is 0 Å². The molecule has 0 bridgehead atoms. The van der Waals surface area contributed by atoms with E-state index in [2.05, 4.69) is 29.0 Å². The Morgan fingerprint density at radius 3 is 1.46 bits per heavy atom. The van der Waals surface area contributed by atoms with E-state index in [1.165, 1.54) is 0 Å². The largest absolute Gasteiger partial charge is 0.502 e. The maximum absolute atomic E-state index is 12.9. The Bertz CT molecular complexity index is 1310. The number of unbranched alkanes of at least 4 members (excludes halogenated alkanes) is 2. The van der Waals surface area contributed by atoms with Gasteiger partial charge in [0.2, 0.25) is 0 Å². The quantitative estimate of drug-likeness (QED) is 0.184. The summed E-state index contributed by atoms with van der Waals surface area (Å²) in [5.74, 6) is 0. The Morgan fingerprint density at radius 2 is 1.10 bits per heavy atom. The predicted molar refractivity (Wildman–Crippen MR) is 137 cm³/mol. The lowest BCUT2D eigenvalue weighted by atomic mass is 10.2. The van der Waals surface area contributed by atoms with E-state index in [1.807, 2.05) is 12.1 Å². The summed E-state index contributed by atoms with van der Waals surface area (Å²) in [5, 5.41) is 7.98. The first-order valence-electron chi connectivity index (χ1n) is 11.8. The predicted octanol–water partition coefficient (Wildman–Crippen LogP) is 7.68. The molecule has 0 saturated heterocycles. The Morgan fingerprint density at radius 1 is 0.718 bits per heavy atom. The van der Waals surface area contributed by atoms with Gasteiger partial charge in [0.1, 0.15) is 0 Å². The van der Waals surface area contributed by atoms with Gasteiger partial charge in [0.05, 0.1) is 11.4 Å². The normalized spacial score (nSPS) is 13.0. The van der Waals surface area contributed by atoms with Gasteiger partial charge >= 0.3 is 11.0 Å². The Kier molecular flexibility index (Phi) is 10.7. The van der Waals surface area contributed by atoms with Gasteiger partial charge in [-0.1, -0.05) is 38.8 Å². The molecule has 2 aromatic carbocycles. The van der Waals surface area contributed by atoms with Crippen molar-refractivity contribution >= 4 is 42.8 Å². The highest BCUT2D eigenvalue weighted by atomic mass is 32.3. The molecular formula is C24H27F6N3O4S2. The van der Waals surface area contributed by atoms with Crippen molar-refractivity contribution in [2.75, 3.05) is 18.0 Å². The number of hydrogen-bond donors (Lipinski definition) is 0. The number of benzene rings is 2. The van der Waals surface area contributed by atoms with Crippen molar-refractivity contribution in [3.05, 3.63) is 58.3 Å². The van der Waals surface area contributed by atoms with Crippen LogP contribution in [0.4, 0.5) is 43.4 Å². The average molecular weight is 600 g/mol. The summed E-state index contributed by atoms with van der Waals surface area (Å²) >= 11 is 0. The summed E-state index contributed by atoms with van der Waals surface area (Å²) in [6, 6.07) is 11.3. The van der Waals surface area contributed by atoms with E-state index >= 15 is 0 Å². The second-order valence-corrected chi connectivity index (χ2v) is 12.4. The van der Waals surface area contributed by atoms with Crippen molar-refractivity contribution in [1.29, 1.82) is 0 Å². The summed E-state index contributed by atoms with van der Waals surface area (Å²) in [4.78, 5) is 2.27. The third kappa shape index (κ3) is 8.27. The minimum atomic E-state index is -6.85. The first kappa shape index (κ1) is 32.3. The average Bonchev–Trinajstić information content (AvgIpc) is 2.85. The van der Waals surface area contributed by atoms with Crippen LogP contribution in [0, 0.1) is 0 Å². The van der Waals surface area contributed by atoms with Crippen molar-refractivity contribution in [1.82, 2.24) is 0 Å². The fraction of sp³-hybridized carbons (Fsp3) is 0.417. The van der Waals surface area contributed by atoms with Crippen molar-refractivity contribution in [2.24, 2.45) is 10.2 Å². The lowest BCUT2D eigenvalue weighted by Gasteiger charge is -2.24. The number of nitrogens with zero attached hydrogens (tertiary/aromatic N) is 3. The first-order valence-corrected chi connectivity index (χ1v) is 14.7. The molecule has 0 aliphatic heterocycles. The molecule has 0 aliphatic rings. The maximum Gasteiger partial charge on any atom is 0.502 e. The molecule has 7 nitrogen and oxygen atoms in total. The molecule has 0 unspecified atom stereocenters. The number of rotatable bonds is 12. The van der Waals surface area contributed by atoms with Gasteiger partial charge < -0.3 is 4.90 Å². The van der Waals surface area contributed by atoms with E-state index in [4.69, 9.17) is 0 Å². The van der Waals surface area contributed by atoms with E-state index < -0.39 is 40.5 Å². The van der Waals surface area contributed by atoms with Crippen LogP contribution in [0.2, 0.25) is 0 Å². The summed E-state index contributed by atoms with van der Waals surface area (Å²) in [6.07, 6.45) is 4.00. The fourth-order valence-electron chi connectivity index (χ4n) is 3.21. The molecule has 39 heavy (non-hydrogen) atoms. The number of hydrogen-bond acceptors (Lipinski definition) is 7. The highest BCUT2D eigenvalue weighted by Crippen LogP contribution is 2.39. The molecule has 0 saturated carbocycles. The maximum atomic E-state index is 12.9. The van der Waals surface area contributed by atoms with Gasteiger partial charge in [-0.2, -0.15) is 36.6 Å². The topological polar surface area (TPSA) is 96.2 Å². The molecule has 0 aromatic heterocycles. The van der Waals surface area contributed by atoms with Gasteiger partial charge in [-0.25, -0.2) is 16.8 Å². The van der Waals surface area contributed by atoms with E-state index in [0.29, 0.717) is 5.69 Å². The van der Waals surface area contributed by atoms with Gasteiger partial charge in [0.25, 0.3) is 19.7 Å². The third-order valence-corrected chi connectivity index (χ3v) is 9.21. The zero-order valence-corrected chi connectivity index (χ0v) is 22.6. The Labute approximate surface area is 223 Å². The van der Waals surface area contributed by atoms with Crippen molar-refractivity contribution in [3.8, 4) is 0 Å². The zero-order valence-electron chi connectivity index (χ0n) is 21.0. The van der Waals surface area contributed by atoms with Crippen molar-refractivity contribution < 1.29 is 43.2 Å². The molecule has 216 valence electrons. The standard InChI is InChI=1S/C24H27F6N3O4S2/c1-3-5-15-33(16-6-4-2)21-13-11-20(12-14-21)32-31-19-9-7-18(8-10-19)17-22(38(34,35)23(25,26)27)39(36,37)24(28,29)30/h7-14,17H,3-6,15-16H2,1-2H3/b32-31+. The van der Waals surface area contributed by atoms with E-state index in [9.17, 15) is 43.2 Å². The van der Waals surface area contributed by atoms with Crippen molar-refractivity contribution in [2.45, 2.75) is 50.5 Å². The highest BCUT2D eigenvalue weighted by molar-refractivity contribution is 8.15. The summed E-state index contributed by atoms with van der Waals surface area (Å²) in [5.41, 5.74) is -11.5. The van der Waals surface area contributed by atoms with Gasteiger partial charge in [-0.3, -0.25) is 0 Å². The molecule has 15 heteroatoms. The second-order valence-electron chi connectivity index (χ2n) is 8.36. The van der Waals surface area contributed by atoms with E-state index in [-0.39, 0.29) is 11.8 Å². The number of azo groups is 1. The zero-order chi connectivity index (χ0) is 29.5.